The zero-order chi connectivity index (χ0) is 10.4. The summed E-state index contributed by atoms with van der Waals surface area (Å²) in [5, 5.41) is 0.245. The fourth-order valence-corrected chi connectivity index (χ4v) is 1.27. The van der Waals surface area contributed by atoms with Crippen LogP contribution in [0.25, 0.3) is 6.08 Å². The molecule has 0 amide bonds. The Balaban J connectivity index is 2.42. The predicted octanol–water partition coefficient (Wildman–Crippen LogP) is 4.35. The highest BCUT2D eigenvalue weighted by Crippen LogP contribution is 2.14. The van der Waals surface area contributed by atoms with Gasteiger partial charge >= 0.3 is 0 Å². The van der Waals surface area contributed by atoms with Gasteiger partial charge in [-0.2, -0.15) is 0 Å². The molecule has 1 atom stereocenters. The first-order valence-corrected chi connectivity index (χ1v) is 5.49. The molecular weight excluding hydrogens is 192 g/mol. The maximum absolute atomic E-state index is 6.13. The molecular formula is C13H17Cl. The average Bonchev–Trinajstić information content (AvgIpc) is 2.19. The number of benzene rings is 1. The molecule has 0 aromatic heterocycles. The first-order valence-electron chi connectivity index (χ1n) is 5.06. The maximum atomic E-state index is 6.13. The Kier molecular flexibility index (Phi) is 4.75. The number of hydrogen-bond donors (Lipinski definition) is 0. The number of alkyl halides is 1. The summed E-state index contributed by atoms with van der Waals surface area (Å²) in [6.45, 7) is 4.29. The molecule has 0 spiro atoms. The van der Waals surface area contributed by atoms with E-state index in [1.807, 2.05) is 18.2 Å². The normalized spacial score (nSPS) is 13.7. The molecule has 0 aliphatic carbocycles. The van der Waals surface area contributed by atoms with Crippen LogP contribution in [0.3, 0.4) is 0 Å². The topological polar surface area (TPSA) is 0 Å². The van der Waals surface area contributed by atoms with Gasteiger partial charge in [0.25, 0.3) is 0 Å². The molecule has 0 radical (unpaired) electrons. The van der Waals surface area contributed by atoms with E-state index in [1.54, 1.807) is 0 Å². The Labute approximate surface area is 91.6 Å². The first kappa shape index (κ1) is 11.3. The lowest BCUT2D eigenvalue weighted by Gasteiger charge is -2.09. The van der Waals surface area contributed by atoms with E-state index in [2.05, 4.69) is 38.1 Å². The van der Waals surface area contributed by atoms with Gasteiger partial charge in [0.1, 0.15) is 0 Å². The van der Waals surface area contributed by atoms with Gasteiger partial charge in [0, 0.05) is 5.38 Å². The summed E-state index contributed by atoms with van der Waals surface area (Å²) in [6, 6.07) is 10.3. The van der Waals surface area contributed by atoms with E-state index in [1.165, 1.54) is 5.56 Å². The molecule has 0 N–H and O–H groups in total. The van der Waals surface area contributed by atoms with E-state index >= 15 is 0 Å². The van der Waals surface area contributed by atoms with Gasteiger partial charge in [0.05, 0.1) is 0 Å². The Morgan fingerprint density at radius 3 is 2.43 bits per heavy atom. The number of allylic oxidation sites excluding steroid dienone is 1. The molecule has 1 unspecified atom stereocenters. The molecule has 0 aliphatic heterocycles. The molecule has 14 heavy (non-hydrogen) atoms. The van der Waals surface area contributed by atoms with Crippen molar-refractivity contribution in [2.75, 3.05) is 0 Å². The van der Waals surface area contributed by atoms with Crippen LogP contribution in [0.2, 0.25) is 0 Å². The third-order valence-corrected chi connectivity index (χ3v) is 2.88. The van der Waals surface area contributed by atoms with Crippen LogP contribution in [0.15, 0.2) is 36.4 Å². The van der Waals surface area contributed by atoms with Gasteiger partial charge < -0.3 is 0 Å². The van der Waals surface area contributed by atoms with Gasteiger partial charge in [-0.05, 0) is 17.9 Å². The van der Waals surface area contributed by atoms with Crippen LogP contribution >= 0.6 is 11.6 Å². The quantitative estimate of drug-likeness (QED) is 0.646. The predicted molar refractivity (Wildman–Crippen MR) is 64.6 cm³/mol. The Morgan fingerprint density at radius 1 is 1.21 bits per heavy atom. The van der Waals surface area contributed by atoms with Gasteiger partial charge in [-0.3, -0.25) is 0 Å². The molecule has 1 aromatic carbocycles. The van der Waals surface area contributed by atoms with E-state index in [0.717, 1.165) is 6.42 Å². The van der Waals surface area contributed by atoms with Gasteiger partial charge in [-0.25, -0.2) is 0 Å². The Hall–Kier alpha value is -0.750. The Morgan fingerprint density at radius 2 is 1.86 bits per heavy atom. The Bertz CT molecular complexity index is 275. The zero-order valence-electron chi connectivity index (χ0n) is 8.78. The summed E-state index contributed by atoms with van der Waals surface area (Å²) in [4.78, 5) is 0. The molecule has 0 heterocycles. The highest BCUT2D eigenvalue weighted by Gasteiger charge is 2.05. The highest BCUT2D eigenvalue weighted by atomic mass is 35.5. The smallest absolute Gasteiger partial charge is 0.0393 e. The summed E-state index contributed by atoms with van der Waals surface area (Å²) >= 11 is 6.13. The van der Waals surface area contributed by atoms with Crippen LogP contribution in [-0.2, 0) is 0 Å². The van der Waals surface area contributed by atoms with Crippen molar-refractivity contribution in [3.8, 4) is 0 Å². The van der Waals surface area contributed by atoms with Gasteiger partial charge in [0.15, 0.2) is 0 Å². The van der Waals surface area contributed by atoms with Crippen molar-refractivity contribution in [2.24, 2.45) is 5.92 Å². The fourth-order valence-electron chi connectivity index (χ4n) is 1.17. The van der Waals surface area contributed by atoms with Crippen LogP contribution in [0.5, 0.6) is 0 Å². The molecule has 0 bridgehead atoms. The van der Waals surface area contributed by atoms with Crippen molar-refractivity contribution in [1.29, 1.82) is 0 Å². The van der Waals surface area contributed by atoms with Crippen LogP contribution in [0, 0.1) is 5.92 Å². The number of hydrogen-bond acceptors (Lipinski definition) is 0. The molecule has 1 aromatic rings. The van der Waals surface area contributed by atoms with E-state index in [0.29, 0.717) is 5.92 Å². The number of halogens is 1. The second-order valence-electron chi connectivity index (χ2n) is 3.81. The van der Waals surface area contributed by atoms with Crippen molar-refractivity contribution < 1.29 is 0 Å². The standard InChI is InChI=1S/C13H17Cl/c1-11(2)13(14)10-6-9-12-7-4-3-5-8-12/h3-9,11,13H,10H2,1-2H3/b9-6+. The minimum absolute atomic E-state index is 0.245. The van der Waals surface area contributed by atoms with Crippen molar-refractivity contribution in [2.45, 2.75) is 25.6 Å². The van der Waals surface area contributed by atoms with Crippen LogP contribution in [-0.4, -0.2) is 5.38 Å². The van der Waals surface area contributed by atoms with Crippen molar-refractivity contribution in [3.63, 3.8) is 0 Å². The lowest BCUT2D eigenvalue weighted by Crippen LogP contribution is -2.05. The van der Waals surface area contributed by atoms with Crippen LogP contribution in [0.4, 0.5) is 0 Å². The lowest BCUT2D eigenvalue weighted by atomic mass is 10.1. The third kappa shape index (κ3) is 3.97. The summed E-state index contributed by atoms with van der Waals surface area (Å²) < 4.78 is 0. The van der Waals surface area contributed by atoms with E-state index in [4.69, 9.17) is 11.6 Å². The van der Waals surface area contributed by atoms with Gasteiger partial charge in [-0.15, -0.1) is 11.6 Å². The van der Waals surface area contributed by atoms with Gasteiger partial charge in [-0.1, -0.05) is 56.3 Å². The molecule has 0 nitrogen and oxygen atoms in total. The average molecular weight is 209 g/mol. The first-order chi connectivity index (χ1) is 6.70. The summed E-state index contributed by atoms with van der Waals surface area (Å²) in [5.74, 6) is 0.539. The number of rotatable bonds is 4. The third-order valence-electron chi connectivity index (χ3n) is 2.19. The minimum Gasteiger partial charge on any atom is -0.122 e. The molecule has 1 heteroatoms. The zero-order valence-corrected chi connectivity index (χ0v) is 9.54. The van der Waals surface area contributed by atoms with E-state index < -0.39 is 0 Å². The highest BCUT2D eigenvalue weighted by molar-refractivity contribution is 6.20. The summed E-state index contributed by atoms with van der Waals surface area (Å²) in [5.41, 5.74) is 1.24. The SMILES string of the molecule is CC(C)C(Cl)C/C=C/c1ccccc1. The van der Waals surface area contributed by atoms with Crippen LogP contribution < -0.4 is 0 Å². The van der Waals surface area contributed by atoms with E-state index in [-0.39, 0.29) is 5.38 Å². The molecule has 1 rings (SSSR count). The van der Waals surface area contributed by atoms with Crippen molar-refractivity contribution in [3.05, 3.63) is 42.0 Å². The molecule has 0 aliphatic rings. The van der Waals surface area contributed by atoms with Crippen molar-refractivity contribution >= 4 is 17.7 Å². The van der Waals surface area contributed by atoms with E-state index in [9.17, 15) is 0 Å². The molecule has 0 fully saturated rings. The lowest BCUT2D eigenvalue weighted by molar-refractivity contribution is 0.604. The van der Waals surface area contributed by atoms with Crippen LogP contribution in [0.1, 0.15) is 25.8 Å². The van der Waals surface area contributed by atoms with Crippen molar-refractivity contribution in [1.82, 2.24) is 0 Å². The maximum Gasteiger partial charge on any atom is 0.0393 e. The monoisotopic (exact) mass is 208 g/mol. The second kappa shape index (κ2) is 5.87. The molecule has 76 valence electrons. The fraction of sp³-hybridized carbons (Fsp3) is 0.385. The van der Waals surface area contributed by atoms with Gasteiger partial charge in [0.2, 0.25) is 0 Å². The summed E-state index contributed by atoms with van der Waals surface area (Å²) in [7, 11) is 0. The minimum atomic E-state index is 0.245. The second-order valence-corrected chi connectivity index (χ2v) is 4.37. The largest absolute Gasteiger partial charge is 0.122 e. The molecule has 0 saturated carbocycles. The summed E-state index contributed by atoms with van der Waals surface area (Å²) in [6.07, 6.45) is 5.21. The molecule has 0 saturated heterocycles.